The van der Waals surface area contributed by atoms with Gasteiger partial charge in [-0.1, -0.05) is 18.2 Å². The number of rotatable bonds is 5. The highest BCUT2D eigenvalue weighted by molar-refractivity contribution is 7.80. The van der Waals surface area contributed by atoms with E-state index in [2.05, 4.69) is 5.32 Å². The molecule has 1 aliphatic heterocycles. The number of nitrogens with two attached hydrogens (primary N) is 1. The van der Waals surface area contributed by atoms with E-state index in [4.69, 9.17) is 27.4 Å². The molecule has 0 spiro atoms. The van der Waals surface area contributed by atoms with Crippen molar-refractivity contribution >= 4 is 29.1 Å². The molecular formula is C17H17N3O3S. The molecule has 6 nitrogen and oxygen atoms in total. The summed E-state index contributed by atoms with van der Waals surface area (Å²) in [6.07, 6.45) is -0.680. The van der Waals surface area contributed by atoms with Gasteiger partial charge in [0, 0.05) is 5.69 Å². The van der Waals surface area contributed by atoms with Crippen molar-refractivity contribution in [2.24, 2.45) is 5.73 Å². The van der Waals surface area contributed by atoms with Gasteiger partial charge in [0.2, 0.25) is 0 Å². The van der Waals surface area contributed by atoms with Crippen molar-refractivity contribution in [3.05, 3.63) is 54.6 Å². The Kier molecular flexibility index (Phi) is 4.81. The molecule has 0 aliphatic carbocycles. The summed E-state index contributed by atoms with van der Waals surface area (Å²) in [6, 6.07) is 16.8. The van der Waals surface area contributed by atoms with E-state index in [1.165, 1.54) is 0 Å². The van der Waals surface area contributed by atoms with Crippen molar-refractivity contribution < 1.29 is 14.3 Å². The molecular weight excluding hydrogens is 326 g/mol. The van der Waals surface area contributed by atoms with Gasteiger partial charge < -0.3 is 20.5 Å². The Morgan fingerprint density at radius 2 is 1.88 bits per heavy atom. The minimum atomic E-state index is -0.388. The van der Waals surface area contributed by atoms with Crippen molar-refractivity contribution in [3.63, 3.8) is 0 Å². The van der Waals surface area contributed by atoms with E-state index >= 15 is 0 Å². The van der Waals surface area contributed by atoms with E-state index in [1.54, 1.807) is 4.90 Å². The second kappa shape index (κ2) is 7.18. The summed E-state index contributed by atoms with van der Waals surface area (Å²) < 4.78 is 11.0. The Labute approximate surface area is 145 Å². The molecule has 24 heavy (non-hydrogen) atoms. The third-order valence-corrected chi connectivity index (χ3v) is 3.65. The number of carbonyl (C=O) groups excluding carboxylic acids is 1. The summed E-state index contributed by atoms with van der Waals surface area (Å²) in [7, 11) is 0. The van der Waals surface area contributed by atoms with Gasteiger partial charge in [0.15, 0.2) is 5.11 Å². The van der Waals surface area contributed by atoms with Crippen LogP contribution in [0.1, 0.15) is 0 Å². The lowest BCUT2D eigenvalue weighted by Crippen LogP contribution is -2.37. The molecule has 7 heteroatoms. The third kappa shape index (κ3) is 3.94. The maximum Gasteiger partial charge on any atom is 0.414 e. The Morgan fingerprint density at radius 3 is 2.54 bits per heavy atom. The van der Waals surface area contributed by atoms with E-state index < -0.39 is 0 Å². The molecule has 0 saturated carbocycles. The molecule has 1 fully saturated rings. The van der Waals surface area contributed by atoms with E-state index in [0.717, 1.165) is 11.4 Å². The van der Waals surface area contributed by atoms with Crippen LogP contribution in [0.2, 0.25) is 0 Å². The molecule has 0 radical (unpaired) electrons. The predicted octanol–water partition coefficient (Wildman–Crippen LogP) is 2.64. The SMILES string of the molecule is NC(=S)NC[C@H]1CN(c2ccc(Oc3ccccc3)cc2)C(=O)O1. The van der Waals surface area contributed by atoms with Crippen LogP contribution in [-0.4, -0.2) is 30.4 Å². The number of anilines is 1. The fourth-order valence-electron chi connectivity index (χ4n) is 2.37. The number of cyclic esters (lactones) is 1. The maximum absolute atomic E-state index is 12.0. The summed E-state index contributed by atoms with van der Waals surface area (Å²) in [6.45, 7) is 0.833. The van der Waals surface area contributed by atoms with Crippen LogP contribution >= 0.6 is 12.2 Å². The van der Waals surface area contributed by atoms with Gasteiger partial charge >= 0.3 is 6.09 Å². The van der Waals surface area contributed by atoms with Gasteiger partial charge in [-0.05, 0) is 48.6 Å². The second-order valence-corrected chi connectivity index (χ2v) is 5.71. The van der Waals surface area contributed by atoms with Gasteiger partial charge in [-0.2, -0.15) is 0 Å². The average molecular weight is 343 g/mol. The van der Waals surface area contributed by atoms with Crippen LogP contribution in [0.15, 0.2) is 54.6 Å². The Balaban J connectivity index is 1.63. The Hall–Kier alpha value is -2.80. The molecule has 2 aromatic rings. The highest BCUT2D eigenvalue weighted by Gasteiger charge is 2.32. The number of hydrogen-bond acceptors (Lipinski definition) is 4. The van der Waals surface area contributed by atoms with Crippen molar-refractivity contribution in [3.8, 4) is 11.5 Å². The number of hydrogen-bond donors (Lipinski definition) is 2. The summed E-state index contributed by atoms with van der Waals surface area (Å²) >= 11 is 4.75. The number of thiocarbonyl (C=S) groups is 1. The molecule has 3 N–H and O–H groups in total. The van der Waals surface area contributed by atoms with Crippen LogP contribution in [0.25, 0.3) is 0 Å². The Bertz CT molecular complexity index is 722. The number of para-hydroxylation sites is 1. The molecule has 1 heterocycles. The minimum Gasteiger partial charge on any atom is -0.457 e. The zero-order chi connectivity index (χ0) is 16.9. The summed E-state index contributed by atoms with van der Waals surface area (Å²) in [5, 5.41) is 2.99. The van der Waals surface area contributed by atoms with Crippen molar-refractivity contribution in [2.75, 3.05) is 18.0 Å². The lowest BCUT2D eigenvalue weighted by Gasteiger charge is -2.14. The average Bonchev–Trinajstić information content (AvgIpc) is 2.96. The lowest BCUT2D eigenvalue weighted by atomic mass is 10.2. The standard InChI is InChI=1S/C17H17N3O3S/c18-16(24)19-10-15-11-20(17(21)23-15)12-6-8-14(9-7-12)22-13-4-2-1-3-5-13/h1-9,15H,10-11H2,(H3,18,19,24)/t15-/m0/s1. The molecule has 3 rings (SSSR count). The first-order valence-corrected chi connectivity index (χ1v) is 7.87. The molecule has 1 saturated heterocycles. The number of nitrogens with one attached hydrogen (secondary N) is 1. The highest BCUT2D eigenvalue weighted by Crippen LogP contribution is 2.26. The van der Waals surface area contributed by atoms with Gasteiger partial charge in [-0.3, -0.25) is 4.90 Å². The molecule has 1 atom stereocenters. The first-order chi connectivity index (χ1) is 11.6. The summed E-state index contributed by atoms with van der Waals surface area (Å²) in [4.78, 5) is 13.6. The topological polar surface area (TPSA) is 76.8 Å². The molecule has 0 bridgehead atoms. The molecule has 0 unspecified atom stereocenters. The number of ether oxygens (including phenoxy) is 2. The third-order valence-electron chi connectivity index (χ3n) is 3.51. The largest absolute Gasteiger partial charge is 0.457 e. The Morgan fingerprint density at radius 1 is 1.21 bits per heavy atom. The fraction of sp³-hybridized carbons (Fsp3) is 0.176. The van der Waals surface area contributed by atoms with Crippen molar-refractivity contribution in [1.29, 1.82) is 0 Å². The van der Waals surface area contributed by atoms with Gasteiger partial charge in [0.05, 0.1) is 13.1 Å². The lowest BCUT2D eigenvalue weighted by molar-refractivity contribution is 0.143. The van der Waals surface area contributed by atoms with E-state index in [0.29, 0.717) is 18.8 Å². The first kappa shape index (κ1) is 16.1. The van der Waals surface area contributed by atoms with Crippen molar-refractivity contribution in [2.45, 2.75) is 6.10 Å². The zero-order valence-electron chi connectivity index (χ0n) is 12.8. The number of carbonyl (C=O) groups is 1. The molecule has 124 valence electrons. The molecule has 1 amide bonds. The fourth-order valence-corrected chi connectivity index (χ4v) is 2.46. The van der Waals surface area contributed by atoms with Crippen LogP contribution in [-0.2, 0) is 4.74 Å². The van der Waals surface area contributed by atoms with Gasteiger partial charge in [0.1, 0.15) is 17.6 Å². The van der Waals surface area contributed by atoms with E-state index in [-0.39, 0.29) is 17.3 Å². The smallest absolute Gasteiger partial charge is 0.414 e. The van der Waals surface area contributed by atoms with Gasteiger partial charge in [-0.25, -0.2) is 4.79 Å². The molecule has 0 aromatic heterocycles. The van der Waals surface area contributed by atoms with Crippen LogP contribution < -0.4 is 20.7 Å². The van der Waals surface area contributed by atoms with Gasteiger partial charge in [0.25, 0.3) is 0 Å². The van der Waals surface area contributed by atoms with Crippen LogP contribution in [0.5, 0.6) is 11.5 Å². The quantitative estimate of drug-likeness (QED) is 0.813. The summed E-state index contributed by atoms with van der Waals surface area (Å²) in [5.74, 6) is 1.46. The summed E-state index contributed by atoms with van der Waals surface area (Å²) in [5.41, 5.74) is 6.13. The normalized spacial score (nSPS) is 16.6. The monoisotopic (exact) mass is 343 g/mol. The van der Waals surface area contributed by atoms with Crippen LogP contribution in [0.3, 0.4) is 0 Å². The van der Waals surface area contributed by atoms with E-state index in [1.807, 2.05) is 54.6 Å². The van der Waals surface area contributed by atoms with Crippen molar-refractivity contribution in [1.82, 2.24) is 5.32 Å². The van der Waals surface area contributed by atoms with Crippen LogP contribution in [0.4, 0.5) is 10.5 Å². The van der Waals surface area contributed by atoms with Crippen LogP contribution in [0, 0.1) is 0 Å². The second-order valence-electron chi connectivity index (χ2n) is 5.27. The number of amides is 1. The minimum absolute atomic E-state index is 0.187. The highest BCUT2D eigenvalue weighted by atomic mass is 32.1. The molecule has 1 aliphatic rings. The maximum atomic E-state index is 12.0. The zero-order valence-corrected chi connectivity index (χ0v) is 13.7. The number of benzene rings is 2. The predicted molar refractivity (Wildman–Crippen MR) is 95.4 cm³/mol. The number of nitrogens with zero attached hydrogens (tertiary/aromatic N) is 1. The van der Waals surface area contributed by atoms with Gasteiger partial charge in [-0.15, -0.1) is 0 Å². The van der Waals surface area contributed by atoms with E-state index in [9.17, 15) is 4.79 Å². The molecule has 2 aromatic carbocycles. The first-order valence-electron chi connectivity index (χ1n) is 7.46.